The molecular weight excluding hydrogens is 408 g/mol. The molecule has 1 N–H and O–H groups in total. The van der Waals surface area contributed by atoms with Gasteiger partial charge in [-0.15, -0.1) is 0 Å². The Kier molecular flexibility index (Phi) is 6.01. The van der Waals surface area contributed by atoms with Crippen molar-refractivity contribution in [3.05, 3.63) is 48.2 Å². The monoisotopic (exact) mass is 438 g/mol. The van der Waals surface area contributed by atoms with E-state index in [2.05, 4.69) is 27.3 Å². The predicted octanol–water partition coefficient (Wildman–Crippen LogP) is 4.42. The third-order valence-corrected chi connectivity index (χ3v) is 6.98. The molecule has 0 saturated carbocycles. The first-order valence-electron chi connectivity index (χ1n) is 11.6. The Labute approximate surface area is 187 Å². The molecule has 0 radical (unpaired) electrons. The Morgan fingerprint density at radius 2 is 1.81 bits per heavy atom. The van der Waals surface area contributed by atoms with E-state index in [9.17, 15) is 9.59 Å². The van der Waals surface area contributed by atoms with E-state index in [4.69, 9.17) is 9.15 Å². The summed E-state index contributed by atoms with van der Waals surface area (Å²) in [7, 11) is 0. The number of hydrogen-bond acceptors (Lipinski definition) is 5. The maximum absolute atomic E-state index is 13.0. The summed E-state index contributed by atoms with van der Waals surface area (Å²) < 4.78 is 10.2. The first kappa shape index (κ1) is 20.8. The number of benzene rings is 1. The molecule has 1 aromatic heterocycles. The summed E-state index contributed by atoms with van der Waals surface area (Å²) in [4.78, 5) is 32.9. The highest BCUT2D eigenvalue weighted by molar-refractivity contribution is 5.84. The summed E-state index contributed by atoms with van der Waals surface area (Å²) >= 11 is 0. The number of amides is 3. The van der Waals surface area contributed by atoms with Crippen molar-refractivity contribution in [2.45, 2.75) is 63.6 Å². The van der Waals surface area contributed by atoms with Gasteiger partial charge in [-0.05, 0) is 68.6 Å². The van der Waals surface area contributed by atoms with Crippen molar-refractivity contribution >= 4 is 17.8 Å². The molecule has 3 saturated heterocycles. The summed E-state index contributed by atoms with van der Waals surface area (Å²) in [6.45, 7) is 1.89. The van der Waals surface area contributed by atoms with Gasteiger partial charge in [-0.3, -0.25) is 5.32 Å². The number of fused-ring (bicyclic) bond motifs is 2. The SMILES string of the molecule is O=C(Nc1ccc(CC2CC3CCC(C2)N3C(=O)N2CCCC2)cc1)OCc1cnco1. The lowest BCUT2D eigenvalue weighted by atomic mass is 9.86. The number of carbonyl (C=O) groups is 2. The van der Waals surface area contributed by atoms with Crippen molar-refractivity contribution in [3.63, 3.8) is 0 Å². The molecule has 8 heteroatoms. The van der Waals surface area contributed by atoms with Crippen LogP contribution in [0.3, 0.4) is 0 Å². The molecule has 2 atom stereocenters. The van der Waals surface area contributed by atoms with Crippen molar-refractivity contribution in [3.8, 4) is 0 Å². The van der Waals surface area contributed by atoms with E-state index in [0.717, 1.165) is 58.0 Å². The second-order valence-corrected chi connectivity index (χ2v) is 9.18. The number of hydrogen-bond donors (Lipinski definition) is 1. The molecule has 2 bridgehead atoms. The van der Waals surface area contributed by atoms with Crippen LogP contribution < -0.4 is 5.32 Å². The minimum absolute atomic E-state index is 0.0468. The number of nitrogens with zero attached hydrogens (tertiary/aromatic N) is 3. The Bertz CT molecular complexity index is 910. The van der Waals surface area contributed by atoms with Gasteiger partial charge in [0.25, 0.3) is 0 Å². The Morgan fingerprint density at radius 3 is 2.47 bits per heavy atom. The van der Waals surface area contributed by atoms with E-state index in [0.29, 0.717) is 29.4 Å². The van der Waals surface area contributed by atoms with Crippen LogP contribution in [0, 0.1) is 5.92 Å². The second-order valence-electron chi connectivity index (χ2n) is 9.18. The second kappa shape index (κ2) is 9.22. The van der Waals surface area contributed by atoms with Crippen LogP contribution in [0.15, 0.2) is 41.3 Å². The summed E-state index contributed by atoms with van der Waals surface area (Å²) in [6, 6.07) is 9.01. The first-order chi connectivity index (χ1) is 15.7. The number of anilines is 1. The molecule has 3 aliphatic rings. The number of aromatic nitrogens is 1. The van der Waals surface area contributed by atoms with Crippen molar-refractivity contribution < 1.29 is 18.7 Å². The molecule has 5 rings (SSSR count). The van der Waals surface area contributed by atoms with Gasteiger partial charge < -0.3 is 19.0 Å². The van der Waals surface area contributed by atoms with Crippen LogP contribution in [0.1, 0.15) is 49.8 Å². The number of rotatable bonds is 5. The number of oxazole rings is 1. The molecule has 0 aliphatic carbocycles. The van der Waals surface area contributed by atoms with Crippen LogP contribution in [0.5, 0.6) is 0 Å². The quantitative estimate of drug-likeness (QED) is 0.746. The van der Waals surface area contributed by atoms with E-state index in [1.807, 2.05) is 17.0 Å². The first-order valence-corrected chi connectivity index (χ1v) is 11.6. The van der Waals surface area contributed by atoms with Gasteiger partial charge in [-0.1, -0.05) is 12.1 Å². The highest BCUT2D eigenvalue weighted by atomic mass is 16.6. The number of likely N-dealkylation sites (tertiary alicyclic amines) is 1. The highest BCUT2D eigenvalue weighted by Crippen LogP contribution is 2.40. The van der Waals surface area contributed by atoms with Gasteiger partial charge >= 0.3 is 12.1 Å². The average Bonchev–Trinajstić information content (AvgIpc) is 3.55. The molecular formula is C24H30N4O4. The number of piperidine rings is 1. The Hall–Kier alpha value is -3.03. The standard InChI is InChI=1S/C24H30N4O4/c29-23(31-15-22-14-25-16-32-22)26-19-5-3-17(4-6-19)11-18-12-20-7-8-21(13-18)28(20)24(30)27-9-1-2-10-27/h3-6,14,16,18,20-21H,1-2,7-13,15H2,(H,26,29). The molecule has 2 unspecified atom stereocenters. The summed E-state index contributed by atoms with van der Waals surface area (Å²) in [5, 5.41) is 2.73. The van der Waals surface area contributed by atoms with Crippen molar-refractivity contribution in [1.82, 2.24) is 14.8 Å². The van der Waals surface area contributed by atoms with E-state index in [-0.39, 0.29) is 12.6 Å². The van der Waals surface area contributed by atoms with Gasteiger partial charge in [0, 0.05) is 30.9 Å². The van der Waals surface area contributed by atoms with E-state index in [1.165, 1.54) is 18.2 Å². The molecule has 4 heterocycles. The third-order valence-electron chi connectivity index (χ3n) is 6.98. The van der Waals surface area contributed by atoms with Crippen molar-refractivity contribution in [2.24, 2.45) is 5.92 Å². The largest absolute Gasteiger partial charge is 0.445 e. The van der Waals surface area contributed by atoms with Crippen LogP contribution in [0.2, 0.25) is 0 Å². The lowest BCUT2D eigenvalue weighted by Crippen LogP contribution is -2.51. The third kappa shape index (κ3) is 4.59. The molecule has 3 fully saturated rings. The van der Waals surface area contributed by atoms with Crippen LogP contribution in [-0.4, -0.2) is 52.1 Å². The topological polar surface area (TPSA) is 87.9 Å². The highest BCUT2D eigenvalue weighted by Gasteiger charge is 2.44. The van der Waals surface area contributed by atoms with E-state index >= 15 is 0 Å². The van der Waals surface area contributed by atoms with Crippen LogP contribution >= 0.6 is 0 Å². The maximum atomic E-state index is 13.0. The van der Waals surface area contributed by atoms with Gasteiger partial charge in [0.2, 0.25) is 0 Å². The molecule has 0 spiro atoms. The van der Waals surface area contributed by atoms with Gasteiger partial charge in [0.05, 0.1) is 6.20 Å². The molecule has 32 heavy (non-hydrogen) atoms. The predicted molar refractivity (Wildman–Crippen MR) is 118 cm³/mol. The lowest BCUT2D eigenvalue weighted by molar-refractivity contribution is 0.0984. The number of ether oxygens (including phenoxy) is 1. The zero-order valence-electron chi connectivity index (χ0n) is 18.2. The van der Waals surface area contributed by atoms with Crippen LogP contribution in [0.25, 0.3) is 0 Å². The summed E-state index contributed by atoms with van der Waals surface area (Å²) in [5.74, 6) is 1.10. The van der Waals surface area contributed by atoms with Crippen LogP contribution in [-0.2, 0) is 17.8 Å². The van der Waals surface area contributed by atoms with Gasteiger partial charge in [-0.2, -0.15) is 0 Å². The minimum Gasteiger partial charge on any atom is -0.445 e. The summed E-state index contributed by atoms with van der Waals surface area (Å²) in [6.07, 6.45) is 10.0. The zero-order valence-corrected chi connectivity index (χ0v) is 18.2. The molecule has 3 aliphatic heterocycles. The molecule has 8 nitrogen and oxygen atoms in total. The van der Waals surface area contributed by atoms with E-state index < -0.39 is 6.09 Å². The van der Waals surface area contributed by atoms with Gasteiger partial charge in [-0.25, -0.2) is 14.6 Å². The number of carbonyl (C=O) groups excluding carboxylic acids is 2. The van der Waals surface area contributed by atoms with Crippen molar-refractivity contribution in [2.75, 3.05) is 18.4 Å². The molecule has 1 aromatic carbocycles. The van der Waals surface area contributed by atoms with Gasteiger partial charge in [0.1, 0.15) is 0 Å². The average molecular weight is 439 g/mol. The fraction of sp³-hybridized carbons (Fsp3) is 0.542. The van der Waals surface area contributed by atoms with Crippen molar-refractivity contribution in [1.29, 1.82) is 0 Å². The fourth-order valence-electron chi connectivity index (χ4n) is 5.50. The smallest absolute Gasteiger partial charge is 0.412 e. The Morgan fingerprint density at radius 1 is 1.09 bits per heavy atom. The minimum atomic E-state index is -0.527. The van der Waals surface area contributed by atoms with Gasteiger partial charge in [0.15, 0.2) is 18.8 Å². The fourth-order valence-corrected chi connectivity index (χ4v) is 5.50. The number of nitrogens with one attached hydrogen (secondary N) is 1. The normalized spacial score (nSPS) is 24.6. The summed E-state index contributed by atoms with van der Waals surface area (Å²) in [5.41, 5.74) is 1.96. The van der Waals surface area contributed by atoms with Crippen LogP contribution in [0.4, 0.5) is 15.3 Å². The molecule has 2 aromatic rings. The lowest BCUT2D eigenvalue weighted by Gasteiger charge is -2.41. The van der Waals surface area contributed by atoms with E-state index in [1.54, 1.807) is 0 Å². The maximum Gasteiger partial charge on any atom is 0.412 e. The molecule has 170 valence electrons. The Balaban J connectivity index is 1.11. The molecule has 3 amide bonds. The zero-order chi connectivity index (χ0) is 21.9. The number of urea groups is 1.